The molecule has 3 unspecified atom stereocenters. The number of aliphatic hydroxyl groups is 1. The van der Waals surface area contributed by atoms with Crippen molar-refractivity contribution in [3.05, 3.63) is 71.8 Å². The molecule has 0 amide bonds. The van der Waals surface area contributed by atoms with Crippen molar-refractivity contribution < 1.29 is 9.84 Å². The summed E-state index contributed by atoms with van der Waals surface area (Å²) in [6, 6.07) is 7.89. The normalized spacial score (nSPS) is 17.4. The number of allylic oxidation sites excluding steroid dienone is 2. The lowest BCUT2D eigenvalue weighted by molar-refractivity contribution is 0.122. The Bertz CT molecular complexity index is 1730. The first-order valence-electron chi connectivity index (χ1n) is 17.9. The van der Waals surface area contributed by atoms with Crippen molar-refractivity contribution in [2.45, 2.75) is 31.9 Å². The van der Waals surface area contributed by atoms with E-state index >= 15 is 0 Å². The maximum atomic E-state index is 11.2. The molecule has 5 rings (SSSR count). The molecule has 1 saturated heterocycles. The second-order valence-corrected chi connectivity index (χ2v) is 15.0. The van der Waals surface area contributed by atoms with Crippen LogP contribution in [0.4, 0.5) is 29.0 Å². The van der Waals surface area contributed by atoms with E-state index in [4.69, 9.17) is 4.74 Å². The number of nitrogens with zero attached hydrogens (tertiary/aromatic N) is 9. The highest BCUT2D eigenvalue weighted by molar-refractivity contribution is 8.03. The topological polar surface area (TPSA) is 173 Å². The van der Waals surface area contributed by atoms with E-state index < -0.39 is 6.23 Å². The first kappa shape index (κ1) is 40.5. The van der Waals surface area contributed by atoms with Crippen molar-refractivity contribution in [1.82, 2.24) is 25.3 Å². The van der Waals surface area contributed by atoms with Gasteiger partial charge in [0.05, 0.1) is 37.0 Å². The molecule has 5 N–H and O–H groups in total. The summed E-state index contributed by atoms with van der Waals surface area (Å²) in [7, 11) is 0. The third-order valence-corrected chi connectivity index (χ3v) is 10.2. The zero-order chi connectivity index (χ0) is 38.1. The van der Waals surface area contributed by atoms with Gasteiger partial charge < -0.3 is 36.0 Å². The summed E-state index contributed by atoms with van der Waals surface area (Å²) in [5.74, 6) is 3.77. The van der Waals surface area contributed by atoms with Crippen molar-refractivity contribution in [2.24, 2.45) is 26.9 Å². The Balaban J connectivity index is 1.01. The predicted octanol–water partition coefficient (Wildman–Crippen LogP) is 5.02. The maximum Gasteiger partial charge on any atom is 0.222 e. The molecule has 288 valence electrons. The third kappa shape index (κ3) is 12.7. The number of rotatable bonds is 18. The fourth-order valence-electron chi connectivity index (χ4n) is 5.22. The Morgan fingerprint density at radius 2 is 1.63 bits per heavy atom. The van der Waals surface area contributed by atoms with Crippen LogP contribution in [0, 0.1) is 11.8 Å². The van der Waals surface area contributed by atoms with E-state index in [1.165, 1.54) is 0 Å². The van der Waals surface area contributed by atoms with Crippen LogP contribution in [-0.4, -0.2) is 115 Å². The van der Waals surface area contributed by atoms with Crippen LogP contribution in [0.2, 0.25) is 0 Å². The quantitative estimate of drug-likeness (QED) is 0.0663. The van der Waals surface area contributed by atoms with Crippen molar-refractivity contribution in [3.8, 4) is 0 Å². The Hall–Kier alpha value is -4.71. The lowest BCUT2D eigenvalue weighted by Gasteiger charge is -2.29. The summed E-state index contributed by atoms with van der Waals surface area (Å²) in [5.41, 5.74) is 2.62. The number of hydrazone groups is 1. The molecule has 1 fully saturated rings. The number of guanidine groups is 1. The molecule has 0 aromatic carbocycles. The first-order valence-corrected chi connectivity index (χ1v) is 20.1. The van der Waals surface area contributed by atoms with Gasteiger partial charge in [-0.1, -0.05) is 13.8 Å². The smallest absolute Gasteiger partial charge is 0.222 e. The van der Waals surface area contributed by atoms with E-state index in [0.29, 0.717) is 35.8 Å². The average molecular weight is 774 g/mol. The fraction of sp³-hybridized carbons (Fsp3) is 0.432. The van der Waals surface area contributed by atoms with Gasteiger partial charge in [0.1, 0.15) is 11.6 Å². The largest absolute Gasteiger partial charge is 0.378 e. The van der Waals surface area contributed by atoms with Crippen molar-refractivity contribution in [2.75, 3.05) is 90.4 Å². The van der Waals surface area contributed by atoms with Gasteiger partial charge in [0.15, 0.2) is 6.23 Å². The van der Waals surface area contributed by atoms with E-state index in [1.54, 1.807) is 40.9 Å². The minimum atomic E-state index is -0.915. The molecule has 5 heterocycles. The number of nitrogens with one attached hydrogen (secondary N) is 4. The summed E-state index contributed by atoms with van der Waals surface area (Å²) in [6.45, 7) is 15.9. The third-order valence-electron chi connectivity index (χ3n) is 8.49. The highest BCUT2D eigenvalue weighted by Crippen LogP contribution is 2.27. The van der Waals surface area contributed by atoms with Gasteiger partial charge in [0.25, 0.3) is 0 Å². The Morgan fingerprint density at radius 1 is 0.963 bits per heavy atom. The number of aliphatic imine (C=N–C) groups is 2. The van der Waals surface area contributed by atoms with E-state index in [1.807, 2.05) is 62.2 Å². The molecule has 0 bridgehead atoms. The van der Waals surface area contributed by atoms with Gasteiger partial charge in [-0.2, -0.15) is 5.10 Å². The lowest BCUT2D eigenvalue weighted by Crippen LogP contribution is -2.36. The molecule has 0 radical (unpaired) electrons. The van der Waals surface area contributed by atoms with Gasteiger partial charge in [-0.3, -0.25) is 4.99 Å². The van der Waals surface area contributed by atoms with Crippen LogP contribution in [0.15, 0.2) is 91.8 Å². The molecule has 3 aromatic rings. The highest BCUT2D eigenvalue weighted by Gasteiger charge is 2.23. The molecule has 0 saturated carbocycles. The molecule has 0 aliphatic carbocycles. The van der Waals surface area contributed by atoms with Gasteiger partial charge in [0, 0.05) is 74.7 Å². The Labute approximate surface area is 326 Å². The van der Waals surface area contributed by atoms with Crippen LogP contribution in [0.1, 0.15) is 20.8 Å². The summed E-state index contributed by atoms with van der Waals surface area (Å²) >= 11 is 3.21. The highest BCUT2D eigenvalue weighted by atomic mass is 32.2. The number of thioether (sulfide) groups is 2. The van der Waals surface area contributed by atoms with E-state index in [2.05, 4.69) is 87.8 Å². The van der Waals surface area contributed by atoms with Crippen molar-refractivity contribution in [3.63, 3.8) is 0 Å². The number of anilines is 5. The summed E-state index contributed by atoms with van der Waals surface area (Å²) in [4.78, 5) is 30.8. The molecule has 17 heteroatoms. The maximum absolute atomic E-state index is 11.2. The predicted molar refractivity (Wildman–Crippen MR) is 225 cm³/mol. The van der Waals surface area contributed by atoms with Crippen molar-refractivity contribution in [1.29, 1.82) is 0 Å². The second kappa shape index (κ2) is 21.2. The van der Waals surface area contributed by atoms with Crippen LogP contribution < -0.4 is 31.2 Å². The summed E-state index contributed by atoms with van der Waals surface area (Å²) in [6.07, 6.45) is 13.7. The molecule has 15 nitrogen and oxygen atoms in total. The number of ether oxygens (including phenoxy) is 1. The number of hydrogen-bond donors (Lipinski definition) is 5. The molecule has 0 spiro atoms. The number of aromatic nitrogens is 4. The minimum Gasteiger partial charge on any atom is -0.378 e. The number of morpholine rings is 1. The van der Waals surface area contributed by atoms with E-state index in [0.717, 1.165) is 78.6 Å². The minimum absolute atomic E-state index is 0.247. The van der Waals surface area contributed by atoms with E-state index in [-0.39, 0.29) is 5.92 Å². The zero-order valence-electron chi connectivity index (χ0n) is 31.4. The molecule has 3 atom stereocenters. The zero-order valence-corrected chi connectivity index (χ0v) is 33.0. The monoisotopic (exact) mass is 773 g/mol. The number of hydrogen-bond acceptors (Lipinski definition) is 15. The van der Waals surface area contributed by atoms with Crippen LogP contribution in [0.5, 0.6) is 0 Å². The Morgan fingerprint density at radius 3 is 2.28 bits per heavy atom. The Kier molecular flexibility index (Phi) is 15.9. The van der Waals surface area contributed by atoms with Gasteiger partial charge in [-0.15, -0.1) is 23.5 Å². The lowest BCUT2D eigenvalue weighted by atomic mass is 10.2. The molecule has 54 heavy (non-hydrogen) atoms. The number of aliphatic hydroxyl groups excluding tert-OH is 1. The van der Waals surface area contributed by atoms with Crippen molar-refractivity contribution >= 4 is 71.4 Å². The second-order valence-electron chi connectivity index (χ2n) is 12.9. The van der Waals surface area contributed by atoms with Crippen LogP contribution in [-0.2, 0) is 4.74 Å². The van der Waals surface area contributed by atoms with E-state index in [9.17, 15) is 5.11 Å². The van der Waals surface area contributed by atoms with Crippen LogP contribution >= 0.6 is 23.5 Å². The first-order chi connectivity index (χ1) is 26.3. The van der Waals surface area contributed by atoms with Gasteiger partial charge >= 0.3 is 0 Å². The average Bonchev–Trinajstić information content (AvgIpc) is 3.22. The molecule has 3 aromatic heterocycles. The SMILES string of the molecule is C=NC(=NCC(C)CNc1ccc(N2CCOCC2)cn1)N/C=C(\C)SCC1=CC=NN(c2ccc(NCC(C)CNc3ncc(SC)cn3)nc2)C1O. The van der Waals surface area contributed by atoms with Gasteiger partial charge in [-0.05, 0) is 72.6 Å². The molecular formula is C37H51N13O2S2. The van der Waals surface area contributed by atoms with Crippen LogP contribution in [0.3, 0.4) is 0 Å². The fourth-order valence-corrected chi connectivity index (χ4v) is 6.32. The molecule has 2 aliphatic heterocycles. The summed E-state index contributed by atoms with van der Waals surface area (Å²) < 4.78 is 5.44. The summed E-state index contributed by atoms with van der Waals surface area (Å²) in [5, 5.41) is 30.3. The standard InChI is InChI=1S/C37H51N13O2S2/c1-26(16-39-33-8-6-30(21-41-33)49-12-14-52-15-13-49)18-43-36(38-4)45-20-28(3)54-25-29-10-11-48-50(35(29)51)31-7-9-34(42-22-31)40-17-27(2)19-44-37-46-23-32(53-5)24-47-37/h6-11,20-24,26-27,35,51H,4,12-19,25H2,1-3,5H3,(H,39,41)(H,40,42)(H,43,45)(H,44,46,47)/b28-20+. The van der Waals surface area contributed by atoms with Gasteiger partial charge in [-0.25, -0.2) is 29.9 Å². The number of pyridine rings is 2. The van der Waals surface area contributed by atoms with Gasteiger partial charge in [0.2, 0.25) is 11.9 Å². The molecule has 2 aliphatic rings. The molecular weight excluding hydrogens is 723 g/mol. The van der Waals surface area contributed by atoms with Crippen LogP contribution in [0.25, 0.3) is 0 Å².